The molecule has 0 amide bonds. The molecule has 0 saturated carbocycles. The molecule has 1 heterocycles. The highest BCUT2D eigenvalue weighted by molar-refractivity contribution is 6.62. The van der Waals surface area contributed by atoms with Crippen molar-refractivity contribution in [2.45, 2.75) is 38.9 Å². The van der Waals surface area contributed by atoms with E-state index >= 15 is 0 Å². The molecular weight excluding hydrogens is 331 g/mol. The second kappa shape index (κ2) is 6.85. The highest BCUT2D eigenvalue weighted by atomic mass is 16.7. The van der Waals surface area contributed by atoms with E-state index in [4.69, 9.17) is 23.5 Å². The second-order valence-corrected chi connectivity index (χ2v) is 7.26. The predicted molar refractivity (Wildman–Crippen MR) is 102 cm³/mol. The summed E-state index contributed by atoms with van der Waals surface area (Å²) in [5.41, 5.74) is -0.0212. The lowest BCUT2D eigenvalue weighted by molar-refractivity contribution is 0.00578. The minimum atomic E-state index is -0.506. The minimum absolute atomic E-state index is 0.419. The van der Waals surface area contributed by atoms with Gasteiger partial charge >= 0.3 is 7.12 Å². The zero-order valence-electron chi connectivity index (χ0n) is 16.2. The lowest BCUT2D eigenvalue weighted by Crippen LogP contribution is -2.41. The highest BCUT2D eigenvalue weighted by Gasteiger charge is 2.52. The Kier molecular flexibility index (Phi) is 4.91. The number of methoxy groups -OCH3 is 2. The Morgan fingerprint density at radius 3 is 1.77 bits per heavy atom. The fourth-order valence-electron chi connectivity index (χ4n) is 2.72. The molecule has 3 rings (SSSR count). The first kappa shape index (κ1) is 18.6. The van der Waals surface area contributed by atoms with Gasteiger partial charge < -0.3 is 23.5 Å². The summed E-state index contributed by atoms with van der Waals surface area (Å²) >= 11 is 0. The SMILES string of the molecule is COc1cc(B2OC(C)(C)C(C)(C)O2)cc(OC)c1Oc1ccccc1. The molecule has 26 heavy (non-hydrogen) atoms. The number of hydrogen-bond donors (Lipinski definition) is 0. The molecule has 5 nitrogen and oxygen atoms in total. The summed E-state index contributed by atoms with van der Waals surface area (Å²) in [4.78, 5) is 0. The van der Waals surface area contributed by atoms with Crippen molar-refractivity contribution in [3.8, 4) is 23.0 Å². The lowest BCUT2D eigenvalue weighted by Gasteiger charge is -2.32. The molecule has 1 saturated heterocycles. The largest absolute Gasteiger partial charge is 0.495 e. The van der Waals surface area contributed by atoms with Crippen molar-refractivity contribution in [2.24, 2.45) is 0 Å². The van der Waals surface area contributed by atoms with Crippen LogP contribution in [0.15, 0.2) is 42.5 Å². The molecule has 6 heteroatoms. The highest BCUT2D eigenvalue weighted by Crippen LogP contribution is 2.41. The number of hydrogen-bond acceptors (Lipinski definition) is 5. The molecule has 0 N–H and O–H groups in total. The van der Waals surface area contributed by atoms with E-state index in [1.54, 1.807) is 14.2 Å². The van der Waals surface area contributed by atoms with E-state index < -0.39 is 18.3 Å². The molecule has 2 aromatic rings. The third-order valence-electron chi connectivity index (χ3n) is 4.97. The van der Waals surface area contributed by atoms with E-state index in [9.17, 15) is 0 Å². The van der Waals surface area contributed by atoms with Gasteiger partial charge in [0.2, 0.25) is 5.75 Å². The van der Waals surface area contributed by atoms with E-state index in [-0.39, 0.29) is 0 Å². The molecule has 0 spiro atoms. The zero-order chi connectivity index (χ0) is 18.9. The first-order valence-corrected chi connectivity index (χ1v) is 8.62. The predicted octanol–water partition coefficient (Wildman–Crippen LogP) is 3.80. The van der Waals surface area contributed by atoms with Crippen LogP contribution in [0.1, 0.15) is 27.7 Å². The number of benzene rings is 2. The van der Waals surface area contributed by atoms with E-state index in [2.05, 4.69) is 0 Å². The average molecular weight is 356 g/mol. The third kappa shape index (κ3) is 3.39. The monoisotopic (exact) mass is 356 g/mol. The van der Waals surface area contributed by atoms with Crippen LogP contribution in [0.5, 0.6) is 23.0 Å². The van der Waals surface area contributed by atoms with Crippen LogP contribution in [0.2, 0.25) is 0 Å². The van der Waals surface area contributed by atoms with Crippen molar-refractivity contribution in [3.63, 3.8) is 0 Å². The fraction of sp³-hybridized carbons (Fsp3) is 0.400. The van der Waals surface area contributed by atoms with Crippen LogP contribution in [-0.4, -0.2) is 32.5 Å². The molecule has 0 radical (unpaired) electrons. The molecular formula is C20H25BO5. The third-order valence-corrected chi connectivity index (χ3v) is 4.97. The van der Waals surface area contributed by atoms with Crippen molar-refractivity contribution in [3.05, 3.63) is 42.5 Å². The average Bonchev–Trinajstić information content (AvgIpc) is 2.83. The first-order chi connectivity index (χ1) is 12.3. The van der Waals surface area contributed by atoms with E-state index in [0.717, 1.165) is 5.46 Å². The normalized spacial score (nSPS) is 17.8. The molecule has 0 unspecified atom stereocenters. The Bertz CT molecular complexity index is 732. The summed E-state index contributed by atoms with van der Waals surface area (Å²) in [6, 6.07) is 13.2. The maximum Gasteiger partial charge on any atom is 0.495 e. The zero-order valence-corrected chi connectivity index (χ0v) is 16.2. The van der Waals surface area contributed by atoms with Gasteiger partial charge in [0.15, 0.2) is 11.5 Å². The standard InChI is InChI=1S/C20H25BO5/c1-19(2)20(3,4)26-21(25-19)14-12-16(22-5)18(17(13-14)23-6)24-15-10-8-7-9-11-15/h7-13H,1-6H3. The van der Waals surface area contributed by atoms with Crippen molar-refractivity contribution >= 4 is 12.6 Å². The fourth-order valence-corrected chi connectivity index (χ4v) is 2.72. The van der Waals surface area contributed by atoms with Crippen molar-refractivity contribution in [2.75, 3.05) is 14.2 Å². The van der Waals surface area contributed by atoms with Crippen molar-refractivity contribution < 1.29 is 23.5 Å². The first-order valence-electron chi connectivity index (χ1n) is 8.62. The molecule has 0 bridgehead atoms. The van der Waals surface area contributed by atoms with Crippen LogP contribution in [0.25, 0.3) is 0 Å². The maximum atomic E-state index is 6.13. The van der Waals surface area contributed by atoms with Crippen molar-refractivity contribution in [1.29, 1.82) is 0 Å². The molecule has 1 aliphatic rings. The lowest BCUT2D eigenvalue weighted by atomic mass is 9.78. The molecule has 0 aromatic heterocycles. The molecule has 0 aliphatic carbocycles. The Morgan fingerprint density at radius 1 is 0.808 bits per heavy atom. The second-order valence-electron chi connectivity index (χ2n) is 7.26. The Labute approximate surface area is 155 Å². The number of rotatable bonds is 5. The van der Waals surface area contributed by atoms with Gasteiger partial charge in [-0.1, -0.05) is 18.2 Å². The molecule has 0 atom stereocenters. The summed E-state index contributed by atoms with van der Waals surface area (Å²) in [5.74, 6) is 2.32. The Morgan fingerprint density at radius 2 is 1.31 bits per heavy atom. The Hall–Kier alpha value is -2.18. The van der Waals surface area contributed by atoms with Gasteiger partial charge in [-0.05, 0) is 57.4 Å². The maximum absolute atomic E-state index is 6.13. The summed E-state index contributed by atoms with van der Waals surface area (Å²) in [7, 11) is 2.69. The topological polar surface area (TPSA) is 46.2 Å². The van der Waals surface area contributed by atoms with Crippen LogP contribution in [0, 0.1) is 0 Å². The van der Waals surface area contributed by atoms with Gasteiger partial charge in [0.25, 0.3) is 0 Å². The van der Waals surface area contributed by atoms with Gasteiger partial charge in [-0.3, -0.25) is 0 Å². The van der Waals surface area contributed by atoms with Crippen LogP contribution in [0.4, 0.5) is 0 Å². The van der Waals surface area contributed by atoms with Crippen LogP contribution < -0.4 is 19.7 Å². The molecule has 138 valence electrons. The van der Waals surface area contributed by atoms with Gasteiger partial charge in [-0.2, -0.15) is 0 Å². The van der Waals surface area contributed by atoms with Gasteiger partial charge in [0.1, 0.15) is 5.75 Å². The summed E-state index contributed by atoms with van der Waals surface area (Å²) in [6.07, 6.45) is 0. The van der Waals surface area contributed by atoms with E-state index in [1.807, 2.05) is 70.2 Å². The van der Waals surface area contributed by atoms with E-state index in [0.29, 0.717) is 23.0 Å². The quantitative estimate of drug-likeness (QED) is 0.763. The number of para-hydroxylation sites is 1. The molecule has 1 fully saturated rings. The number of ether oxygens (including phenoxy) is 3. The minimum Gasteiger partial charge on any atom is -0.493 e. The molecule has 1 aliphatic heterocycles. The smallest absolute Gasteiger partial charge is 0.493 e. The van der Waals surface area contributed by atoms with Crippen LogP contribution in [0.3, 0.4) is 0 Å². The van der Waals surface area contributed by atoms with Crippen LogP contribution >= 0.6 is 0 Å². The Balaban J connectivity index is 1.97. The summed E-state index contributed by atoms with van der Waals surface area (Å²) in [5, 5.41) is 0. The van der Waals surface area contributed by atoms with Gasteiger partial charge in [-0.15, -0.1) is 0 Å². The van der Waals surface area contributed by atoms with Gasteiger partial charge in [0.05, 0.1) is 25.4 Å². The van der Waals surface area contributed by atoms with Crippen molar-refractivity contribution in [1.82, 2.24) is 0 Å². The van der Waals surface area contributed by atoms with E-state index in [1.165, 1.54) is 0 Å². The molecule has 2 aromatic carbocycles. The van der Waals surface area contributed by atoms with Crippen LogP contribution in [-0.2, 0) is 9.31 Å². The summed E-state index contributed by atoms with van der Waals surface area (Å²) < 4.78 is 29.4. The van der Waals surface area contributed by atoms with Gasteiger partial charge in [0, 0.05) is 0 Å². The summed E-state index contributed by atoms with van der Waals surface area (Å²) in [6.45, 7) is 8.09. The van der Waals surface area contributed by atoms with Gasteiger partial charge in [-0.25, -0.2) is 0 Å².